The van der Waals surface area contributed by atoms with Crippen molar-refractivity contribution in [3.63, 3.8) is 0 Å². The van der Waals surface area contributed by atoms with E-state index in [-0.39, 0.29) is 0 Å². The highest BCUT2D eigenvalue weighted by molar-refractivity contribution is 7.98. The molecule has 0 aliphatic carbocycles. The zero-order chi connectivity index (χ0) is 21.6. The molecule has 162 valence electrons. The molecule has 2 aromatic rings. The van der Waals surface area contributed by atoms with Crippen LogP contribution in [0.1, 0.15) is 11.1 Å². The number of benzene rings is 2. The van der Waals surface area contributed by atoms with Gasteiger partial charge in [-0.1, -0.05) is 60.7 Å². The minimum atomic E-state index is -0.899. The number of hydrogen-bond donors (Lipinski definition) is 4. The predicted molar refractivity (Wildman–Crippen MR) is 124 cm³/mol. The van der Waals surface area contributed by atoms with E-state index in [9.17, 15) is 19.8 Å². The smallest absolute Gasteiger partial charge is 0.321 e. The number of carbonyl (C=O) groups is 2. The van der Waals surface area contributed by atoms with Crippen LogP contribution in [0.3, 0.4) is 0 Å². The van der Waals surface area contributed by atoms with E-state index < -0.39 is 24.0 Å². The summed E-state index contributed by atoms with van der Waals surface area (Å²) in [4.78, 5) is 22.9. The van der Waals surface area contributed by atoms with Gasteiger partial charge >= 0.3 is 11.9 Å². The van der Waals surface area contributed by atoms with Gasteiger partial charge in [-0.2, -0.15) is 23.5 Å². The van der Waals surface area contributed by atoms with E-state index in [1.54, 1.807) is 23.5 Å². The molecule has 0 aliphatic rings. The molecular formula is C22H28N2O4S2. The van der Waals surface area contributed by atoms with Gasteiger partial charge in [-0.05, 0) is 11.1 Å². The second-order valence-electron chi connectivity index (χ2n) is 6.69. The van der Waals surface area contributed by atoms with Gasteiger partial charge in [0.25, 0.3) is 0 Å². The largest absolute Gasteiger partial charge is 0.480 e. The number of carboxylic acid groups (broad SMARTS) is 2. The molecule has 0 aliphatic heterocycles. The first-order chi connectivity index (χ1) is 14.6. The molecule has 8 heteroatoms. The van der Waals surface area contributed by atoms with Crippen LogP contribution in [0.5, 0.6) is 0 Å². The predicted octanol–water partition coefficient (Wildman–Crippen LogP) is 2.94. The zero-order valence-corrected chi connectivity index (χ0v) is 18.3. The summed E-state index contributed by atoms with van der Waals surface area (Å²) in [6, 6.07) is 18.5. The summed E-state index contributed by atoms with van der Waals surface area (Å²) in [6.07, 6.45) is 0. The summed E-state index contributed by atoms with van der Waals surface area (Å²) in [5.41, 5.74) is 2.32. The Hall–Kier alpha value is -2.00. The SMILES string of the molecule is O=C(O)C(CSCc1ccccc1)NCCNC(CSCc1ccccc1)C(=O)O. The third-order valence-electron chi connectivity index (χ3n) is 4.29. The molecule has 0 bridgehead atoms. The van der Waals surface area contributed by atoms with Crippen LogP contribution in [0.2, 0.25) is 0 Å². The topological polar surface area (TPSA) is 98.7 Å². The highest BCUT2D eigenvalue weighted by Gasteiger charge is 2.19. The molecule has 4 N–H and O–H groups in total. The maximum atomic E-state index is 11.5. The summed E-state index contributed by atoms with van der Waals surface area (Å²) >= 11 is 3.12. The molecule has 2 atom stereocenters. The van der Waals surface area contributed by atoms with Gasteiger partial charge in [0.15, 0.2) is 0 Å². The fourth-order valence-corrected chi connectivity index (χ4v) is 4.75. The van der Waals surface area contributed by atoms with Crippen molar-refractivity contribution in [2.75, 3.05) is 24.6 Å². The fourth-order valence-electron chi connectivity index (χ4n) is 2.67. The van der Waals surface area contributed by atoms with Crippen LogP contribution in [0.4, 0.5) is 0 Å². The lowest BCUT2D eigenvalue weighted by atomic mass is 10.2. The summed E-state index contributed by atoms with van der Waals surface area (Å²) in [5.74, 6) is 0.598. The van der Waals surface area contributed by atoms with Crippen molar-refractivity contribution >= 4 is 35.5 Å². The number of carboxylic acids is 2. The highest BCUT2D eigenvalue weighted by atomic mass is 32.2. The van der Waals surface area contributed by atoms with Crippen molar-refractivity contribution < 1.29 is 19.8 Å². The van der Waals surface area contributed by atoms with E-state index in [1.165, 1.54) is 0 Å². The molecule has 0 radical (unpaired) electrons. The van der Waals surface area contributed by atoms with Crippen molar-refractivity contribution in [1.29, 1.82) is 0 Å². The first-order valence-corrected chi connectivity index (χ1v) is 12.0. The van der Waals surface area contributed by atoms with Crippen LogP contribution in [-0.2, 0) is 21.1 Å². The maximum absolute atomic E-state index is 11.5. The van der Waals surface area contributed by atoms with Crippen LogP contribution in [-0.4, -0.2) is 58.8 Å². The van der Waals surface area contributed by atoms with E-state index in [1.807, 2.05) is 60.7 Å². The van der Waals surface area contributed by atoms with Gasteiger partial charge in [-0.25, -0.2) is 0 Å². The first-order valence-electron chi connectivity index (χ1n) is 9.72. The van der Waals surface area contributed by atoms with E-state index >= 15 is 0 Å². The first kappa shape index (κ1) is 24.3. The maximum Gasteiger partial charge on any atom is 0.321 e. The van der Waals surface area contributed by atoms with Crippen LogP contribution in [0, 0.1) is 0 Å². The zero-order valence-electron chi connectivity index (χ0n) is 16.7. The third-order valence-corrected chi connectivity index (χ3v) is 6.51. The average Bonchev–Trinajstić information content (AvgIpc) is 2.75. The monoisotopic (exact) mass is 448 g/mol. The molecular weight excluding hydrogens is 420 g/mol. The normalized spacial score (nSPS) is 12.9. The van der Waals surface area contributed by atoms with E-state index in [4.69, 9.17) is 0 Å². The van der Waals surface area contributed by atoms with Gasteiger partial charge in [0, 0.05) is 36.1 Å². The van der Waals surface area contributed by atoms with E-state index in [0.29, 0.717) is 24.6 Å². The summed E-state index contributed by atoms with van der Waals surface area (Å²) in [5, 5.41) is 24.8. The Bertz CT molecular complexity index is 697. The molecule has 0 aromatic heterocycles. The molecule has 0 fully saturated rings. The fraction of sp³-hybridized carbons (Fsp3) is 0.364. The summed E-state index contributed by atoms with van der Waals surface area (Å²) in [6.45, 7) is 0.770. The number of rotatable bonds is 15. The van der Waals surface area contributed by atoms with Crippen LogP contribution in [0.15, 0.2) is 60.7 Å². The molecule has 6 nitrogen and oxygen atoms in total. The van der Waals surface area contributed by atoms with Gasteiger partial charge in [-0.3, -0.25) is 9.59 Å². The number of thioether (sulfide) groups is 2. The molecule has 0 saturated carbocycles. The Morgan fingerprint density at radius 3 is 1.40 bits per heavy atom. The third kappa shape index (κ3) is 9.67. The molecule has 0 heterocycles. The Kier molecular flexibility index (Phi) is 11.4. The van der Waals surface area contributed by atoms with E-state index in [0.717, 1.165) is 22.6 Å². The van der Waals surface area contributed by atoms with Crippen molar-refractivity contribution in [2.45, 2.75) is 23.6 Å². The van der Waals surface area contributed by atoms with Gasteiger partial charge in [0.05, 0.1) is 0 Å². The van der Waals surface area contributed by atoms with Gasteiger partial charge in [-0.15, -0.1) is 0 Å². The number of hydrogen-bond acceptors (Lipinski definition) is 6. The highest BCUT2D eigenvalue weighted by Crippen LogP contribution is 2.14. The van der Waals surface area contributed by atoms with Crippen LogP contribution < -0.4 is 10.6 Å². The Labute approximate surface area is 185 Å². The van der Waals surface area contributed by atoms with Crippen molar-refractivity contribution in [3.05, 3.63) is 71.8 Å². The molecule has 2 aromatic carbocycles. The second kappa shape index (κ2) is 14.1. The lowest BCUT2D eigenvalue weighted by molar-refractivity contribution is -0.140. The molecule has 30 heavy (non-hydrogen) atoms. The second-order valence-corrected chi connectivity index (χ2v) is 8.75. The lowest BCUT2D eigenvalue weighted by Crippen LogP contribution is -2.46. The van der Waals surface area contributed by atoms with E-state index in [2.05, 4.69) is 10.6 Å². The van der Waals surface area contributed by atoms with Gasteiger partial charge < -0.3 is 20.8 Å². The number of nitrogens with one attached hydrogen (secondary N) is 2. The van der Waals surface area contributed by atoms with Crippen LogP contribution in [0.25, 0.3) is 0 Å². The van der Waals surface area contributed by atoms with Crippen molar-refractivity contribution in [2.24, 2.45) is 0 Å². The van der Waals surface area contributed by atoms with Gasteiger partial charge in [0.2, 0.25) is 0 Å². The molecule has 0 saturated heterocycles. The Morgan fingerprint density at radius 2 is 1.07 bits per heavy atom. The standard InChI is InChI=1S/C22H28N2O4S2/c25-21(26)19(15-29-13-17-7-3-1-4-8-17)23-11-12-24-20(22(27)28)16-30-14-18-9-5-2-6-10-18/h1-10,19-20,23-24H,11-16H2,(H,25,26)(H,27,28). The van der Waals surface area contributed by atoms with Gasteiger partial charge in [0.1, 0.15) is 12.1 Å². The molecule has 2 unspecified atom stereocenters. The molecule has 0 spiro atoms. The van der Waals surface area contributed by atoms with Crippen molar-refractivity contribution in [1.82, 2.24) is 10.6 Å². The Morgan fingerprint density at radius 1 is 0.700 bits per heavy atom. The molecule has 2 rings (SSSR count). The molecule has 0 amide bonds. The lowest BCUT2D eigenvalue weighted by Gasteiger charge is -2.17. The number of aliphatic carboxylic acids is 2. The summed E-state index contributed by atoms with van der Waals surface area (Å²) < 4.78 is 0. The minimum absolute atomic E-state index is 0.385. The quantitative estimate of drug-likeness (QED) is 0.309. The van der Waals surface area contributed by atoms with Crippen molar-refractivity contribution in [3.8, 4) is 0 Å². The van der Waals surface area contributed by atoms with Crippen LogP contribution >= 0.6 is 23.5 Å². The summed E-state index contributed by atoms with van der Waals surface area (Å²) in [7, 11) is 0. The minimum Gasteiger partial charge on any atom is -0.480 e. The Balaban J connectivity index is 1.65. The average molecular weight is 449 g/mol.